The average molecular weight is 539 g/mol. The molecule has 0 aliphatic heterocycles. The Balaban J connectivity index is 1.46. The molecule has 39 heavy (non-hydrogen) atoms. The highest BCUT2D eigenvalue weighted by molar-refractivity contribution is 6.30. The molecule has 0 aliphatic rings. The topological polar surface area (TPSA) is 80.6 Å². The first-order valence-corrected chi connectivity index (χ1v) is 12.8. The monoisotopic (exact) mass is 538 g/mol. The van der Waals surface area contributed by atoms with Crippen LogP contribution in [0.4, 0.5) is 5.69 Å². The Kier molecular flexibility index (Phi) is 9.60. The fourth-order valence-corrected chi connectivity index (χ4v) is 3.82. The summed E-state index contributed by atoms with van der Waals surface area (Å²) in [6.45, 7) is 3.10. The minimum Gasteiger partial charge on any atom is -0.490 e. The average Bonchev–Trinajstić information content (AvgIpc) is 2.96. The summed E-state index contributed by atoms with van der Waals surface area (Å²) in [5.41, 5.74) is 3.03. The number of ether oxygens (including phenoxy) is 3. The van der Waals surface area contributed by atoms with Crippen molar-refractivity contribution in [1.82, 2.24) is 0 Å². The third-order valence-corrected chi connectivity index (χ3v) is 5.88. The minimum absolute atomic E-state index is 0.0560. The molecule has 0 aliphatic carbocycles. The van der Waals surface area contributed by atoms with Gasteiger partial charge < -0.3 is 19.5 Å². The maximum atomic E-state index is 12.7. The highest BCUT2D eigenvalue weighted by Crippen LogP contribution is 2.30. The van der Waals surface area contributed by atoms with E-state index in [1.807, 2.05) is 73.7 Å². The van der Waals surface area contributed by atoms with Crippen LogP contribution in [0, 0.1) is 11.3 Å². The lowest BCUT2D eigenvalue weighted by atomic mass is 10.1. The van der Waals surface area contributed by atoms with Gasteiger partial charge in [0, 0.05) is 16.3 Å². The van der Waals surface area contributed by atoms with E-state index in [0.29, 0.717) is 46.7 Å². The summed E-state index contributed by atoms with van der Waals surface area (Å²) in [5, 5.41) is 12.9. The maximum Gasteiger partial charge on any atom is 0.266 e. The number of para-hydroxylation sites is 1. The Labute approximate surface area is 233 Å². The second-order valence-electron chi connectivity index (χ2n) is 8.45. The Hall–Kier alpha value is -4.73. The summed E-state index contributed by atoms with van der Waals surface area (Å²) < 4.78 is 17.9. The molecule has 0 spiro atoms. The molecule has 7 heteroatoms. The number of nitrogens with zero attached hydrogens (tertiary/aromatic N) is 1. The molecular formula is C32H27ClN2O4. The van der Waals surface area contributed by atoms with Gasteiger partial charge in [0.05, 0.1) is 6.61 Å². The number of hydrogen-bond acceptors (Lipinski definition) is 5. The van der Waals surface area contributed by atoms with Crippen LogP contribution >= 0.6 is 11.6 Å². The van der Waals surface area contributed by atoms with Crippen molar-refractivity contribution in [3.05, 3.63) is 124 Å². The van der Waals surface area contributed by atoms with Crippen LogP contribution in [0.5, 0.6) is 17.2 Å². The van der Waals surface area contributed by atoms with E-state index < -0.39 is 5.91 Å². The van der Waals surface area contributed by atoms with E-state index in [9.17, 15) is 10.1 Å². The minimum atomic E-state index is -0.526. The standard InChI is InChI=1S/C32H27ClN2O4/c1-2-37-31-18-24(12-17-30(31)39-21-23-8-4-3-5-9-23)22-38-29-11-7-6-10-25(29)19-26(20-34)32(36)35-28-15-13-27(33)14-16-28/h3-19H,2,21-22H2,1H3,(H,35,36)/b26-19-. The van der Waals surface area contributed by atoms with Gasteiger partial charge in [0.15, 0.2) is 11.5 Å². The fraction of sp³-hybridized carbons (Fsp3) is 0.125. The predicted molar refractivity (Wildman–Crippen MR) is 153 cm³/mol. The van der Waals surface area contributed by atoms with Gasteiger partial charge in [0.25, 0.3) is 5.91 Å². The van der Waals surface area contributed by atoms with Gasteiger partial charge in [-0.2, -0.15) is 5.26 Å². The van der Waals surface area contributed by atoms with Crippen molar-refractivity contribution in [3.8, 4) is 23.3 Å². The first-order chi connectivity index (χ1) is 19.1. The second kappa shape index (κ2) is 13.7. The zero-order valence-electron chi connectivity index (χ0n) is 21.4. The summed E-state index contributed by atoms with van der Waals surface area (Å²) in [5.74, 6) is 1.29. The molecule has 0 fully saturated rings. The first-order valence-electron chi connectivity index (χ1n) is 12.4. The second-order valence-corrected chi connectivity index (χ2v) is 8.88. The summed E-state index contributed by atoms with van der Waals surface area (Å²) in [6, 6.07) is 31.5. The van der Waals surface area contributed by atoms with E-state index in [4.69, 9.17) is 25.8 Å². The lowest BCUT2D eigenvalue weighted by molar-refractivity contribution is -0.112. The smallest absolute Gasteiger partial charge is 0.266 e. The van der Waals surface area contributed by atoms with Crippen molar-refractivity contribution < 1.29 is 19.0 Å². The summed E-state index contributed by atoms with van der Waals surface area (Å²) in [4.78, 5) is 12.7. The van der Waals surface area contributed by atoms with Crippen LogP contribution in [0.3, 0.4) is 0 Å². The predicted octanol–water partition coefficient (Wildman–Crippen LogP) is 7.44. The van der Waals surface area contributed by atoms with Gasteiger partial charge in [-0.25, -0.2) is 0 Å². The number of amides is 1. The Morgan fingerprint density at radius 2 is 1.51 bits per heavy atom. The normalized spacial score (nSPS) is 10.8. The number of halogens is 1. The van der Waals surface area contributed by atoms with Gasteiger partial charge in [-0.3, -0.25) is 4.79 Å². The lowest BCUT2D eigenvalue weighted by Crippen LogP contribution is -2.13. The number of hydrogen-bond donors (Lipinski definition) is 1. The highest BCUT2D eigenvalue weighted by Gasteiger charge is 2.12. The van der Waals surface area contributed by atoms with E-state index >= 15 is 0 Å². The van der Waals surface area contributed by atoms with Crippen molar-refractivity contribution in [2.45, 2.75) is 20.1 Å². The Morgan fingerprint density at radius 3 is 2.26 bits per heavy atom. The molecule has 0 heterocycles. The molecule has 0 unspecified atom stereocenters. The van der Waals surface area contributed by atoms with Crippen molar-refractivity contribution >= 4 is 29.3 Å². The molecule has 0 aromatic heterocycles. The Morgan fingerprint density at radius 1 is 0.821 bits per heavy atom. The van der Waals surface area contributed by atoms with Gasteiger partial charge in [-0.05, 0) is 66.6 Å². The van der Waals surface area contributed by atoms with Crippen molar-refractivity contribution in [1.29, 1.82) is 5.26 Å². The summed E-state index contributed by atoms with van der Waals surface area (Å²) in [6.07, 6.45) is 1.51. The molecule has 4 aromatic rings. The number of nitriles is 1. The fourth-order valence-electron chi connectivity index (χ4n) is 3.69. The third-order valence-electron chi connectivity index (χ3n) is 5.63. The van der Waals surface area contributed by atoms with Crippen molar-refractivity contribution in [3.63, 3.8) is 0 Å². The number of carbonyl (C=O) groups excluding carboxylic acids is 1. The largest absolute Gasteiger partial charge is 0.490 e. The molecule has 4 aromatic carbocycles. The number of nitrogens with one attached hydrogen (secondary N) is 1. The van der Waals surface area contributed by atoms with Crippen LogP contribution in [0.25, 0.3) is 6.08 Å². The van der Waals surface area contributed by atoms with E-state index in [1.165, 1.54) is 6.08 Å². The maximum absolute atomic E-state index is 12.7. The van der Waals surface area contributed by atoms with Gasteiger partial charge in [0.2, 0.25) is 0 Å². The zero-order chi connectivity index (χ0) is 27.5. The van der Waals surface area contributed by atoms with Gasteiger partial charge >= 0.3 is 0 Å². The molecule has 0 saturated carbocycles. The number of rotatable bonds is 11. The van der Waals surface area contributed by atoms with Crippen LogP contribution < -0.4 is 19.5 Å². The van der Waals surface area contributed by atoms with E-state index in [2.05, 4.69) is 5.32 Å². The van der Waals surface area contributed by atoms with Gasteiger partial charge in [-0.1, -0.05) is 66.2 Å². The van der Waals surface area contributed by atoms with Gasteiger partial charge in [0.1, 0.15) is 30.6 Å². The molecule has 196 valence electrons. The SMILES string of the molecule is CCOc1cc(COc2ccccc2/C=C(/C#N)C(=O)Nc2ccc(Cl)cc2)ccc1OCc1ccccc1. The number of benzene rings is 4. The van der Waals surface area contributed by atoms with Crippen LogP contribution in [0.2, 0.25) is 5.02 Å². The summed E-state index contributed by atoms with van der Waals surface area (Å²) >= 11 is 5.90. The van der Waals surface area contributed by atoms with Crippen LogP contribution in [-0.2, 0) is 18.0 Å². The molecule has 0 radical (unpaired) electrons. The van der Waals surface area contributed by atoms with Gasteiger partial charge in [-0.15, -0.1) is 0 Å². The molecular weight excluding hydrogens is 512 g/mol. The Bertz CT molecular complexity index is 1480. The zero-order valence-corrected chi connectivity index (χ0v) is 22.2. The third kappa shape index (κ3) is 7.88. The van der Waals surface area contributed by atoms with Crippen LogP contribution in [-0.4, -0.2) is 12.5 Å². The van der Waals surface area contributed by atoms with Crippen molar-refractivity contribution in [2.75, 3.05) is 11.9 Å². The quantitative estimate of drug-likeness (QED) is 0.158. The lowest BCUT2D eigenvalue weighted by Gasteiger charge is -2.15. The molecule has 4 rings (SSSR count). The van der Waals surface area contributed by atoms with Crippen molar-refractivity contribution in [2.24, 2.45) is 0 Å². The summed E-state index contributed by atoms with van der Waals surface area (Å²) in [7, 11) is 0. The molecule has 6 nitrogen and oxygen atoms in total. The first kappa shape index (κ1) is 27.3. The van der Waals surface area contributed by atoms with E-state index in [-0.39, 0.29) is 12.2 Å². The van der Waals surface area contributed by atoms with Crippen LogP contribution in [0.1, 0.15) is 23.6 Å². The highest BCUT2D eigenvalue weighted by atomic mass is 35.5. The van der Waals surface area contributed by atoms with E-state index in [1.54, 1.807) is 36.4 Å². The molecule has 1 amide bonds. The van der Waals surface area contributed by atoms with Crippen LogP contribution in [0.15, 0.2) is 103 Å². The number of carbonyl (C=O) groups is 1. The molecule has 0 atom stereocenters. The van der Waals surface area contributed by atoms with E-state index in [0.717, 1.165) is 11.1 Å². The molecule has 1 N–H and O–H groups in total. The molecule has 0 saturated heterocycles. The molecule has 0 bridgehead atoms. The number of anilines is 1.